The fourth-order valence-corrected chi connectivity index (χ4v) is 2.34. The van der Waals surface area contributed by atoms with Gasteiger partial charge in [-0.15, -0.1) is 11.3 Å². The zero-order valence-electron chi connectivity index (χ0n) is 9.71. The predicted octanol–water partition coefficient (Wildman–Crippen LogP) is -0.307. The van der Waals surface area contributed by atoms with Gasteiger partial charge >= 0.3 is 0 Å². The van der Waals surface area contributed by atoms with Crippen LogP contribution in [0.15, 0.2) is 10.9 Å². The number of carbonyl (C=O) groups excluding carboxylic acids is 1. The first-order valence-corrected chi connectivity index (χ1v) is 7.51. The first kappa shape index (κ1) is 14.1. The van der Waals surface area contributed by atoms with Crippen LogP contribution in [0.4, 0.5) is 0 Å². The summed E-state index contributed by atoms with van der Waals surface area (Å²) in [5.74, 6) is -0.312. The Hall–Kier alpha value is -0.990. The lowest BCUT2D eigenvalue weighted by atomic mass is 10.3. The number of hydrogen-bond acceptors (Lipinski definition) is 5. The zero-order chi connectivity index (χ0) is 12.9. The highest BCUT2D eigenvalue weighted by molar-refractivity contribution is 7.89. The summed E-state index contributed by atoms with van der Waals surface area (Å²) in [6, 6.07) is 0. The van der Waals surface area contributed by atoms with E-state index in [4.69, 9.17) is 0 Å². The largest absolute Gasteiger partial charge is 0.355 e. The first-order valence-electron chi connectivity index (χ1n) is 4.96. The molecule has 0 bridgehead atoms. The predicted molar refractivity (Wildman–Crippen MR) is 66.3 cm³/mol. The Morgan fingerprint density at radius 3 is 2.76 bits per heavy atom. The molecule has 1 rings (SSSR count). The highest BCUT2D eigenvalue weighted by Gasteiger charge is 2.13. The quantitative estimate of drug-likeness (QED) is 0.774. The Morgan fingerprint density at radius 2 is 2.24 bits per heavy atom. The molecule has 0 saturated heterocycles. The second-order valence-electron chi connectivity index (χ2n) is 3.60. The van der Waals surface area contributed by atoms with Gasteiger partial charge in [-0.1, -0.05) is 0 Å². The molecule has 6 nitrogen and oxygen atoms in total. The van der Waals surface area contributed by atoms with E-state index in [2.05, 4.69) is 10.3 Å². The average Bonchev–Trinajstić information content (AvgIpc) is 2.69. The van der Waals surface area contributed by atoms with E-state index in [-0.39, 0.29) is 24.6 Å². The van der Waals surface area contributed by atoms with Gasteiger partial charge in [-0.25, -0.2) is 17.7 Å². The van der Waals surface area contributed by atoms with Crippen LogP contribution in [-0.4, -0.2) is 50.0 Å². The highest BCUT2D eigenvalue weighted by atomic mass is 32.2. The number of hydrogen-bond donors (Lipinski definition) is 1. The third-order valence-electron chi connectivity index (χ3n) is 2.06. The van der Waals surface area contributed by atoms with Gasteiger partial charge < -0.3 is 5.32 Å². The minimum Gasteiger partial charge on any atom is -0.355 e. The third-order valence-corrected chi connectivity index (χ3v) is 4.53. The van der Waals surface area contributed by atoms with Crippen molar-refractivity contribution in [3.63, 3.8) is 0 Å². The van der Waals surface area contributed by atoms with E-state index >= 15 is 0 Å². The van der Waals surface area contributed by atoms with E-state index in [1.165, 1.54) is 25.4 Å². The lowest BCUT2D eigenvalue weighted by Gasteiger charge is -2.11. The average molecular weight is 277 g/mol. The Bertz CT molecular complexity index is 454. The number of rotatable bonds is 6. The van der Waals surface area contributed by atoms with Crippen LogP contribution in [0.1, 0.15) is 5.69 Å². The molecule has 8 heteroatoms. The molecule has 0 aromatic carbocycles. The molecular formula is C9H15N3O3S2. The third kappa shape index (κ3) is 4.80. The smallest absolute Gasteiger partial charge is 0.226 e. The second kappa shape index (κ2) is 6.08. The van der Waals surface area contributed by atoms with Crippen molar-refractivity contribution in [2.75, 3.05) is 26.4 Å². The topological polar surface area (TPSA) is 79.4 Å². The van der Waals surface area contributed by atoms with Crippen LogP contribution in [0.25, 0.3) is 0 Å². The maximum absolute atomic E-state index is 11.4. The summed E-state index contributed by atoms with van der Waals surface area (Å²) in [7, 11) is -0.321. The summed E-state index contributed by atoms with van der Waals surface area (Å²) in [5, 5.41) is 4.34. The van der Waals surface area contributed by atoms with Gasteiger partial charge in [0.05, 0.1) is 23.4 Å². The maximum Gasteiger partial charge on any atom is 0.226 e. The molecule has 0 aliphatic carbocycles. The molecule has 17 heavy (non-hydrogen) atoms. The Labute approximate surface area is 105 Å². The van der Waals surface area contributed by atoms with Crippen LogP contribution in [-0.2, 0) is 21.2 Å². The summed E-state index contributed by atoms with van der Waals surface area (Å²) in [4.78, 5) is 15.4. The number of thiazole rings is 1. The van der Waals surface area contributed by atoms with Crippen LogP contribution in [0.5, 0.6) is 0 Å². The molecular weight excluding hydrogens is 262 g/mol. The van der Waals surface area contributed by atoms with Crippen LogP contribution in [0.2, 0.25) is 0 Å². The van der Waals surface area contributed by atoms with Crippen molar-refractivity contribution in [2.24, 2.45) is 0 Å². The standard InChI is InChI=1S/C9H15N3O3S2/c1-12(2)17(14,15)4-3-10-9(13)5-8-6-16-7-11-8/h6-7H,3-5H2,1-2H3,(H,10,13). The van der Waals surface area contributed by atoms with Gasteiger partial charge in [-0.2, -0.15) is 0 Å². The summed E-state index contributed by atoms with van der Waals surface area (Å²) in [6.45, 7) is 0.115. The molecule has 1 amide bonds. The molecule has 0 fully saturated rings. The van der Waals surface area contributed by atoms with Crippen molar-refractivity contribution in [1.29, 1.82) is 0 Å². The molecule has 0 atom stereocenters. The Kier molecular flexibility index (Phi) is 5.03. The van der Waals surface area contributed by atoms with E-state index < -0.39 is 10.0 Å². The Balaban J connectivity index is 2.30. The molecule has 0 radical (unpaired) electrons. The number of nitrogens with zero attached hydrogens (tertiary/aromatic N) is 2. The molecule has 0 spiro atoms. The van der Waals surface area contributed by atoms with Crippen LogP contribution >= 0.6 is 11.3 Å². The maximum atomic E-state index is 11.4. The van der Waals surface area contributed by atoms with E-state index in [1.807, 2.05) is 0 Å². The number of amides is 1. The van der Waals surface area contributed by atoms with Crippen molar-refractivity contribution >= 4 is 27.3 Å². The fourth-order valence-electron chi connectivity index (χ4n) is 1.05. The number of sulfonamides is 1. The fraction of sp³-hybridized carbons (Fsp3) is 0.556. The molecule has 1 aromatic rings. The van der Waals surface area contributed by atoms with Gasteiger partial charge in [-0.3, -0.25) is 4.79 Å². The van der Waals surface area contributed by atoms with Crippen molar-refractivity contribution in [2.45, 2.75) is 6.42 Å². The molecule has 1 N–H and O–H groups in total. The van der Waals surface area contributed by atoms with E-state index in [9.17, 15) is 13.2 Å². The number of carbonyl (C=O) groups is 1. The number of nitrogens with one attached hydrogen (secondary N) is 1. The van der Waals surface area contributed by atoms with Gasteiger partial charge in [0.25, 0.3) is 0 Å². The van der Waals surface area contributed by atoms with Crippen LogP contribution in [0, 0.1) is 0 Å². The number of aromatic nitrogens is 1. The van der Waals surface area contributed by atoms with Gasteiger partial charge in [0.1, 0.15) is 0 Å². The van der Waals surface area contributed by atoms with Crippen LogP contribution in [0.3, 0.4) is 0 Å². The second-order valence-corrected chi connectivity index (χ2v) is 6.63. The monoisotopic (exact) mass is 277 g/mol. The Morgan fingerprint density at radius 1 is 1.53 bits per heavy atom. The summed E-state index contributed by atoms with van der Waals surface area (Å²) in [5.41, 5.74) is 2.35. The molecule has 0 unspecified atom stereocenters. The van der Waals surface area contributed by atoms with Crippen LogP contribution < -0.4 is 5.32 Å². The minimum atomic E-state index is -3.25. The van der Waals surface area contributed by atoms with Crippen molar-refractivity contribution in [3.05, 3.63) is 16.6 Å². The SMILES string of the molecule is CN(C)S(=O)(=O)CCNC(=O)Cc1cscn1. The molecule has 0 aliphatic heterocycles. The molecule has 1 heterocycles. The summed E-state index contributed by atoms with van der Waals surface area (Å²) >= 11 is 1.42. The van der Waals surface area contributed by atoms with Crippen molar-refractivity contribution in [3.8, 4) is 0 Å². The van der Waals surface area contributed by atoms with E-state index in [0.717, 1.165) is 4.31 Å². The molecule has 0 saturated carbocycles. The highest BCUT2D eigenvalue weighted by Crippen LogP contribution is 2.01. The lowest BCUT2D eigenvalue weighted by Crippen LogP contribution is -2.34. The first-order chi connectivity index (χ1) is 7.92. The summed E-state index contributed by atoms with van der Waals surface area (Å²) < 4.78 is 23.9. The molecule has 0 aliphatic rings. The van der Waals surface area contributed by atoms with Gasteiger partial charge in [0.15, 0.2) is 0 Å². The van der Waals surface area contributed by atoms with Crippen molar-refractivity contribution < 1.29 is 13.2 Å². The molecule has 96 valence electrons. The van der Waals surface area contributed by atoms with E-state index in [0.29, 0.717) is 5.69 Å². The van der Waals surface area contributed by atoms with Gasteiger partial charge in [0.2, 0.25) is 15.9 Å². The van der Waals surface area contributed by atoms with Crippen molar-refractivity contribution in [1.82, 2.24) is 14.6 Å². The normalized spacial score (nSPS) is 11.7. The molecule has 1 aromatic heterocycles. The minimum absolute atomic E-state index is 0.0944. The zero-order valence-corrected chi connectivity index (χ0v) is 11.3. The van der Waals surface area contributed by atoms with Gasteiger partial charge in [-0.05, 0) is 0 Å². The lowest BCUT2D eigenvalue weighted by molar-refractivity contribution is -0.120. The van der Waals surface area contributed by atoms with E-state index in [1.54, 1.807) is 10.9 Å². The summed E-state index contributed by atoms with van der Waals surface area (Å²) in [6.07, 6.45) is 0.186. The van der Waals surface area contributed by atoms with Gasteiger partial charge in [0, 0.05) is 26.0 Å².